The lowest BCUT2D eigenvalue weighted by Gasteiger charge is -2.37. The fourth-order valence-corrected chi connectivity index (χ4v) is 4.27. The molecule has 1 saturated heterocycles. The largest absolute Gasteiger partial charge is 0.379 e. The Balaban J connectivity index is 1.43. The van der Waals surface area contributed by atoms with E-state index in [2.05, 4.69) is 10.3 Å². The number of hydrogen-bond acceptors (Lipinski definition) is 4. The molecule has 1 N–H and O–H groups in total. The summed E-state index contributed by atoms with van der Waals surface area (Å²) in [6, 6.07) is 13.0. The van der Waals surface area contributed by atoms with Gasteiger partial charge in [0.25, 0.3) is 0 Å². The van der Waals surface area contributed by atoms with Crippen LogP contribution in [0.25, 0.3) is 10.9 Å². The molecule has 1 aliphatic rings. The van der Waals surface area contributed by atoms with Gasteiger partial charge >= 0.3 is 11.8 Å². The molecule has 0 spiro atoms. The van der Waals surface area contributed by atoms with Crippen molar-refractivity contribution in [3.8, 4) is 0 Å². The highest BCUT2D eigenvalue weighted by molar-refractivity contribution is 6.39. The van der Waals surface area contributed by atoms with E-state index in [1.165, 1.54) is 17.0 Å². The maximum absolute atomic E-state index is 13.8. The predicted octanol–water partition coefficient (Wildman–Crippen LogP) is 4.07. The monoisotopic (exact) mass is 455 g/mol. The highest BCUT2D eigenvalue weighted by atomic mass is 35.5. The minimum atomic E-state index is -0.698. The van der Waals surface area contributed by atoms with E-state index in [-0.39, 0.29) is 17.8 Å². The molecule has 2 aromatic carbocycles. The second-order valence-electron chi connectivity index (χ2n) is 7.87. The highest BCUT2D eigenvalue weighted by Crippen LogP contribution is 2.28. The van der Waals surface area contributed by atoms with Gasteiger partial charge in [0.05, 0.1) is 11.6 Å². The Morgan fingerprint density at radius 3 is 2.75 bits per heavy atom. The van der Waals surface area contributed by atoms with Crippen LogP contribution in [0.5, 0.6) is 0 Å². The van der Waals surface area contributed by atoms with Gasteiger partial charge in [-0.2, -0.15) is 0 Å². The number of fused-ring (bicyclic) bond motifs is 1. The van der Waals surface area contributed by atoms with Crippen LogP contribution >= 0.6 is 11.6 Å². The molecule has 8 heteroatoms. The van der Waals surface area contributed by atoms with Crippen LogP contribution in [0.3, 0.4) is 0 Å². The number of piperidine rings is 1. The molecule has 2 heterocycles. The van der Waals surface area contributed by atoms with Gasteiger partial charge in [-0.15, -0.1) is 0 Å². The summed E-state index contributed by atoms with van der Waals surface area (Å²) in [4.78, 5) is 30.9. The molecule has 0 aliphatic carbocycles. The van der Waals surface area contributed by atoms with E-state index in [1.54, 1.807) is 43.6 Å². The summed E-state index contributed by atoms with van der Waals surface area (Å²) < 4.78 is 19.5. The van der Waals surface area contributed by atoms with Crippen molar-refractivity contribution in [2.45, 2.75) is 18.9 Å². The first-order valence-electron chi connectivity index (χ1n) is 10.4. The van der Waals surface area contributed by atoms with Crippen LogP contribution in [0.1, 0.15) is 12.0 Å². The summed E-state index contributed by atoms with van der Waals surface area (Å²) in [5, 5.41) is 3.93. The van der Waals surface area contributed by atoms with Gasteiger partial charge in [-0.3, -0.25) is 14.6 Å². The van der Waals surface area contributed by atoms with Crippen molar-refractivity contribution in [1.82, 2.24) is 9.88 Å². The number of ether oxygens (including phenoxy) is 1. The van der Waals surface area contributed by atoms with E-state index in [0.717, 1.165) is 16.5 Å². The fraction of sp³-hybridized carbons (Fsp3) is 0.292. The van der Waals surface area contributed by atoms with Crippen molar-refractivity contribution >= 4 is 40.0 Å². The maximum Gasteiger partial charge on any atom is 0.313 e. The first kappa shape index (κ1) is 22.2. The van der Waals surface area contributed by atoms with Crippen LogP contribution in [-0.2, 0) is 20.7 Å². The zero-order valence-electron chi connectivity index (χ0n) is 17.6. The van der Waals surface area contributed by atoms with Crippen molar-refractivity contribution < 1.29 is 18.7 Å². The molecule has 1 unspecified atom stereocenters. The van der Waals surface area contributed by atoms with Crippen molar-refractivity contribution in [2.24, 2.45) is 5.92 Å². The average Bonchev–Trinajstić information content (AvgIpc) is 2.80. The topological polar surface area (TPSA) is 71.5 Å². The third-order valence-electron chi connectivity index (χ3n) is 5.86. The number of nitrogens with one attached hydrogen (secondary N) is 1. The number of hydrogen-bond donors (Lipinski definition) is 1. The lowest BCUT2D eigenvalue weighted by molar-refractivity contribution is -0.146. The summed E-state index contributed by atoms with van der Waals surface area (Å²) in [5.74, 6) is -1.48. The first-order chi connectivity index (χ1) is 15.4. The number of pyridine rings is 1. The van der Waals surface area contributed by atoms with Crippen LogP contribution in [0.2, 0.25) is 5.02 Å². The minimum absolute atomic E-state index is 0.122. The molecule has 1 fully saturated rings. The first-order valence-corrected chi connectivity index (χ1v) is 10.7. The van der Waals surface area contributed by atoms with E-state index >= 15 is 0 Å². The number of likely N-dealkylation sites (tertiary alicyclic amines) is 1. The zero-order chi connectivity index (χ0) is 22.7. The lowest BCUT2D eigenvalue weighted by atomic mass is 9.86. The van der Waals surface area contributed by atoms with Crippen LogP contribution in [0.4, 0.5) is 10.1 Å². The molecular weight excluding hydrogens is 433 g/mol. The van der Waals surface area contributed by atoms with Crippen molar-refractivity contribution in [3.05, 3.63) is 71.1 Å². The number of benzene rings is 2. The van der Waals surface area contributed by atoms with Crippen molar-refractivity contribution in [1.29, 1.82) is 0 Å². The van der Waals surface area contributed by atoms with Gasteiger partial charge in [0.1, 0.15) is 5.82 Å². The molecule has 2 amide bonds. The highest BCUT2D eigenvalue weighted by Gasteiger charge is 2.34. The van der Waals surface area contributed by atoms with Gasteiger partial charge in [-0.05, 0) is 72.9 Å². The van der Waals surface area contributed by atoms with Gasteiger partial charge in [-0.25, -0.2) is 4.39 Å². The average molecular weight is 456 g/mol. The number of anilines is 1. The smallest absolute Gasteiger partial charge is 0.313 e. The number of methoxy groups -OCH3 is 1. The van der Waals surface area contributed by atoms with Gasteiger partial charge in [0, 0.05) is 42.5 Å². The molecule has 0 radical (unpaired) electrons. The number of carbonyl (C=O) groups excluding carboxylic acids is 2. The minimum Gasteiger partial charge on any atom is -0.379 e. The molecule has 166 valence electrons. The summed E-state index contributed by atoms with van der Waals surface area (Å²) in [7, 11) is 1.60. The van der Waals surface area contributed by atoms with Crippen LogP contribution in [-0.4, -0.2) is 48.0 Å². The fourth-order valence-electron chi connectivity index (χ4n) is 4.15. The van der Waals surface area contributed by atoms with E-state index in [4.69, 9.17) is 16.3 Å². The Hall–Kier alpha value is -3.03. The van der Waals surface area contributed by atoms with Crippen LogP contribution < -0.4 is 5.32 Å². The summed E-state index contributed by atoms with van der Waals surface area (Å²) in [6.07, 6.45) is 2.81. The molecule has 1 aromatic heterocycles. The standard InChI is InChI=1S/C24H23ClFN3O3/c1-32-22-14-29(24(31)23(30)28-19-5-2-17(25)3-6-19)11-9-16(22)12-15-8-10-27-21-7-4-18(26)13-20(15)21/h2-8,10,13,16,22H,9,11-12,14H2,1H3,(H,28,30)/t16?,22-/m0/s1. The normalized spacial score (nSPS) is 18.5. The van der Waals surface area contributed by atoms with E-state index in [1.807, 2.05) is 6.07 Å². The van der Waals surface area contributed by atoms with Gasteiger partial charge in [0.2, 0.25) is 0 Å². The summed E-state index contributed by atoms with van der Waals surface area (Å²) in [6.45, 7) is 0.750. The molecule has 0 saturated carbocycles. The molecule has 32 heavy (non-hydrogen) atoms. The van der Waals surface area contributed by atoms with Crippen LogP contribution in [0, 0.1) is 11.7 Å². The van der Waals surface area contributed by atoms with Crippen molar-refractivity contribution in [3.63, 3.8) is 0 Å². The van der Waals surface area contributed by atoms with Gasteiger partial charge < -0.3 is 15.0 Å². The number of amides is 2. The summed E-state index contributed by atoms with van der Waals surface area (Å²) in [5.41, 5.74) is 2.23. The molecule has 6 nitrogen and oxygen atoms in total. The van der Waals surface area contributed by atoms with Crippen molar-refractivity contribution in [2.75, 3.05) is 25.5 Å². The molecule has 1 aliphatic heterocycles. The third kappa shape index (κ3) is 4.89. The van der Waals surface area contributed by atoms with Gasteiger partial charge in [-0.1, -0.05) is 11.6 Å². The number of aromatic nitrogens is 1. The number of nitrogens with zero attached hydrogens (tertiary/aromatic N) is 2. The number of rotatable bonds is 4. The van der Waals surface area contributed by atoms with Gasteiger partial charge in [0.15, 0.2) is 0 Å². The second kappa shape index (κ2) is 9.63. The molecule has 3 aromatic rings. The second-order valence-corrected chi connectivity index (χ2v) is 8.31. The van der Waals surface area contributed by atoms with E-state index < -0.39 is 11.8 Å². The predicted molar refractivity (Wildman–Crippen MR) is 121 cm³/mol. The maximum atomic E-state index is 13.8. The Labute approximate surface area is 190 Å². The Morgan fingerprint density at radius 2 is 2.00 bits per heavy atom. The lowest BCUT2D eigenvalue weighted by Crippen LogP contribution is -2.51. The molecule has 4 rings (SSSR count). The molecular formula is C24H23ClFN3O3. The van der Waals surface area contributed by atoms with E-state index in [0.29, 0.717) is 36.6 Å². The Morgan fingerprint density at radius 1 is 1.22 bits per heavy atom. The number of carbonyl (C=O) groups is 2. The Bertz CT molecular complexity index is 1140. The zero-order valence-corrected chi connectivity index (χ0v) is 18.3. The van der Waals surface area contributed by atoms with Crippen LogP contribution in [0.15, 0.2) is 54.7 Å². The van der Waals surface area contributed by atoms with E-state index in [9.17, 15) is 14.0 Å². The third-order valence-corrected chi connectivity index (χ3v) is 6.11. The quantitative estimate of drug-likeness (QED) is 0.602. The summed E-state index contributed by atoms with van der Waals surface area (Å²) >= 11 is 5.85. The SMILES string of the molecule is CO[C@H]1CN(C(=O)C(=O)Nc2ccc(Cl)cc2)CCC1Cc1ccnc2ccc(F)cc12. The Kier molecular flexibility index (Phi) is 6.67. The number of halogens is 2. The molecule has 0 bridgehead atoms. The molecule has 2 atom stereocenters.